The molecule has 0 aliphatic carbocycles. The van der Waals surface area contributed by atoms with Gasteiger partial charge in [0.25, 0.3) is 0 Å². The molecule has 0 bridgehead atoms. The van der Waals surface area contributed by atoms with E-state index in [9.17, 15) is 9.59 Å². The lowest BCUT2D eigenvalue weighted by molar-refractivity contribution is -0.123. The summed E-state index contributed by atoms with van der Waals surface area (Å²) in [4.78, 5) is 30.8. The first-order chi connectivity index (χ1) is 12.3. The standard InChI is InChI=1S/C19H20N4O2S/c1-19(2,3)17(25)22-18-21-14(11-26-18)9-16(24)23-7-6-13-8-12(10-20)4-5-15(13)23/h4-5,8,11H,6-7,9H2,1-3H3,(H,21,22,25). The van der Waals surface area contributed by atoms with E-state index in [-0.39, 0.29) is 18.2 Å². The fraction of sp³-hybridized carbons (Fsp3) is 0.368. The molecule has 3 rings (SSSR count). The quantitative estimate of drug-likeness (QED) is 0.902. The van der Waals surface area contributed by atoms with Crippen molar-refractivity contribution in [1.82, 2.24) is 4.98 Å². The molecule has 0 fully saturated rings. The molecule has 0 radical (unpaired) electrons. The molecular weight excluding hydrogens is 348 g/mol. The van der Waals surface area contributed by atoms with Crippen LogP contribution in [0.5, 0.6) is 0 Å². The topological polar surface area (TPSA) is 86.1 Å². The van der Waals surface area contributed by atoms with Crippen LogP contribution in [0.2, 0.25) is 0 Å². The van der Waals surface area contributed by atoms with Crippen molar-refractivity contribution in [2.45, 2.75) is 33.6 Å². The summed E-state index contributed by atoms with van der Waals surface area (Å²) < 4.78 is 0. The highest BCUT2D eigenvalue weighted by Crippen LogP contribution is 2.29. The summed E-state index contributed by atoms with van der Waals surface area (Å²) in [6.45, 7) is 6.12. The van der Waals surface area contributed by atoms with Crippen molar-refractivity contribution in [2.24, 2.45) is 5.41 Å². The first-order valence-corrected chi connectivity index (χ1v) is 9.25. The monoisotopic (exact) mass is 368 g/mol. The second-order valence-corrected chi connectivity index (χ2v) is 8.13. The van der Waals surface area contributed by atoms with Crippen molar-refractivity contribution in [2.75, 3.05) is 16.8 Å². The van der Waals surface area contributed by atoms with Crippen molar-refractivity contribution in [3.63, 3.8) is 0 Å². The summed E-state index contributed by atoms with van der Waals surface area (Å²) in [5, 5.41) is 14.1. The maximum Gasteiger partial charge on any atom is 0.233 e. The molecule has 6 nitrogen and oxygen atoms in total. The lowest BCUT2D eigenvalue weighted by atomic mass is 9.96. The Balaban J connectivity index is 1.67. The van der Waals surface area contributed by atoms with Gasteiger partial charge in [0.05, 0.1) is 23.7 Å². The Bertz CT molecular complexity index is 905. The van der Waals surface area contributed by atoms with E-state index in [1.165, 1.54) is 11.3 Å². The molecule has 1 N–H and O–H groups in total. The molecule has 2 amide bonds. The summed E-state index contributed by atoms with van der Waals surface area (Å²) in [5.74, 6) is -0.140. The summed E-state index contributed by atoms with van der Waals surface area (Å²) in [7, 11) is 0. The third-order valence-electron chi connectivity index (χ3n) is 4.19. The van der Waals surface area contributed by atoms with Crippen LogP contribution in [0, 0.1) is 16.7 Å². The van der Waals surface area contributed by atoms with Gasteiger partial charge in [0.2, 0.25) is 11.8 Å². The SMILES string of the molecule is CC(C)(C)C(=O)Nc1nc(CC(=O)N2CCc3cc(C#N)ccc32)cs1. The van der Waals surface area contributed by atoms with Crippen LogP contribution in [0.3, 0.4) is 0 Å². The number of carbonyl (C=O) groups excluding carboxylic acids is 2. The fourth-order valence-corrected chi connectivity index (χ4v) is 3.42. The van der Waals surface area contributed by atoms with E-state index in [0.717, 1.165) is 17.7 Å². The van der Waals surface area contributed by atoms with E-state index in [4.69, 9.17) is 5.26 Å². The Morgan fingerprint density at radius 1 is 1.38 bits per heavy atom. The molecule has 0 unspecified atom stereocenters. The molecule has 1 aliphatic heterocycles. The van der Waals surface area contributed by atoms with Gasteiger partial charge in [0, 0.05) is 23.0 Å². The Kier molecular flexibility index (Phi) is 4.79. The number of benzene rings is 1. The molecule has 1 aliphatic rings. The first-order valence-electron chi connectivity index (χ1n) is 8.37. The number of nitrogens with one attached hydrogen (secondary N) is 1. The normalized spacial score (nSPS) is 13.2. The van der Waals surface area contributed by atoms with Crippen molar-refractivity contribution in [1.29, 1.82) is 5.26 Å². The summed E-state index contributed by atoms with van der Waals surface area (Å²) in [5.41, 5.74) is 2.64. The Morgan fingerprint density at radius 3 is 2.85 bits per heavy atom. The minimum atomic E-state index is -0.497. The molecule has 7 heteroatoms. The number of thiazole rings is 1. The molecule has 1 aromatic carbocycles. The zero-order valence-electron chi connectivity index (χ0n) is 15.0. The number of nitriles is 1. The average molecular weight is 368 g/mol. The van der Waals surface area contributed by atoms with Crippen LogP contribution in [0.4, 0.5) is 10.8 Å². The molecule has 0 atom stereocenters. The van der Waals surface area contributed by atoms with Gasteiger partial charge in [-0.15, -0.1) is 11.3 Å². The van der Waals surface area contributed by atoms with E-state index in [2.05, 4.69) is 16.4 Å². The van der Waals surface area contributed by atoms with Crippen LogP contribution in [0.1, 0.15) is 37.6 Å². The summed E-state index contributed by atoms with van der Waals surface area (Å²) in [6, 6.07) is 7.52. The van der Waals surface area contributed by atoms with Gasteiger partial charge >= 0.3 is 0 Å². The zero-order chi connectivity index (χ0) is 18.9. The molecule has 26 heavy (non-hydrogen) atoms. The van der Waals surface area contributed by atoms with Crippen molar-refractivity contribution < 1.29 is 9.59 Å². The number of carbonyl (C=O) groups is 2. The second kappa shape index (κ2) is 6.89. The lowest BCUT2D eigenvalue weighted by Crippen LogP contribution is -2.30. The van der Waals surface area contributed by atoms with Gasteiger partial charge in [-0.2, -0.15) is 5.26 Å². The first kappa shape index (κ1) is 18.1. The summed E-state index contributed by atoms with van der Waals surface area (Å²) in [6.07, 6.45) is 0.932. The largest absolute Gasteiger partial charge is 0.311 e. The minimum Gasteiger partial charge on any atom is -0.311 e. The average Bonchev–Trinajstić information content (AvgIpc) is 3.19. The number of nitrogens with zero attached hydrogens (tertiary/aromatic N) is 3. The number of aromatic nitrogens is 1. The fourth-order valence-electron chi connectivity index (χ4n) is 2.71. The van der Waals surface area contributed by atoms with Gasteiger partial charge in [0.15, 0.2) is 5.13 Å². The molecule has 2 aromatic rings. The second-order valence-electron chi connectivity index (χ2n) is 7.28. The number of anilines is 2. The van der Waals surface area contributed by atoms with Crippen molar-refractivity contribution in [3.8, 4) is 6.07 Å². The van der Waals surface area contributed by atoms with Gasteiger partial charge in [0.1, 0.15) is 0 Å². The molecule has 0 saturated heterocycles. The molecule has 134 valence electrons. The van der Waals surface area contributed by atoms with Gasteiger partial charge < -0.3 is 10.2 Å². The van der Waals surface area contributed by atoms with Crippen LogP contribution in [-0.4, -0.2) is 23.3 Å². The van der Waals surface area contributed by atoms with Gasteiger partial charge in [-0.05, 0) is 30.2 Å². The minimum absolute atomic E-state index is 0.0348. The van der Waals surface area contributed by atoms with Crippen LogP contribution >= 0.6 is 11.3 Å². The summed E-state index contributed by atoms with van der Waals surface area (Å²) >= 11 is 1.32. The number of rotatable bonds is 3. The van der Waals surface area contributed by atoms with Crippen LogP contribution < -0.4 is 10.2 Å². The maximum absolute atomic E-state index is 12.7. The van der Waals surface area contributed by atoms with E-state index >= 15 is 0 Å². The van der Waals surface area contributed by atoms with Crippen LogP contribution in [0.25, 0.3) is 0 Å². The van der Waals surface area contributed by atoms with E-state index in [1.54, 1.807) is 16.3 Å². The molecule has 1 aromatic heterocycles. The predicted molar refractivity (Wildman–Crippen MR) is 101 cm³/mol. The smallest absolute Gasteiger partial charge is 0.233 e. The van der Waals surface area contributed by atoms with Gasteiger partial charge in [-0.3, -0.25) is 9.59 Å². The van der Waals surface area contributed by atoms with E-state index in [1.807, 2.05) is 32.9 Å². The highest BCUT2D eigenvalue weighted by atomic mass is 32.1. The van der Waals surface area contributed by atoms with Crippen molar-refractivity contribution >= 4 is 34.0 Å². The number of hydrogen-bond acceptors (Lipinski definition) is 5. The number of hydrogen-bond donors (Lipinski definition) is 1. The third-order valence-corrected chi connectivity index (χ3v) is 5.00. The van der Waals surface area contributed by atoms with Crippen LogP contribution in [-0.2, 0) is 22.4 Å². The molecule has 0 saturated carbocycles. The predicted octanol–water partition coefficient (Wildman–Crippen LogP) is 3.13. The van der Waals surface area contributed by atoms with Gasteiger partial charge in [-0.25, -0.2) is 4.98 Å². The Morgan fingerprint density at radius 2 is 2.15 bits per heavy atom. The Hall–Kier alpha value is -2.72. The molecular formula is C19H20N4O2S. The Labute approximate surface area is 156 Å². The number of amides is 2. The molecule has 0 spiro atoms. The van der Waals surface area contributed by atoms with Crippen molar-refractivity contribution in [3.05, 3.63) is 40.4 Å². The third kappa shape index (κ3) is 3.75. The zero-order valence-corrected chi connectivity index (χ0v) is 15.8. The molecule has 2 heterocycles. The van der Waals surface area contributed by atoms with E-state index in [0.29, 0.717) is 22.9 Å². The van der Waals surface area contributed by atoms with Gasteiger partial charge in [-0.1, -0.05) is 20.8 Å². The van der Waals surface area contributed by atoms with Crippen LogP contribution in [0.15, 0.2) is 23.6 Å². The maximum atomic E-state index is 12.7. The number of fused-ring (bicyclic) bond motifs is 1. The highest BCUT2D eigenvalue weighted by Gasteiger charge is 2.26. The highest BCUT2D eigenvalue weighted by molar-refractivity contribution is 7.13. The lowest BCUT2D eigenvalue weighted by Gasteiger charge is -2.17. The van der Waals surface area contributed by atoms with E-state index < -0.39 is 5.41 Å².